The molecule has 0 spiro atoms. The van der Waals surface area contributed by atoms with Crippen LogP contribution in [-0.4, -0.2) is 29.4 Å². The lowest BCUT2D eigenvalue weighted by Gasteiger charge is -2.18. The van der Waals surface area contributed by atoms with Gasteiger partial charge < -0.3 is 15.6 Å². The minimum Gasteiger partial charge on any atom is -0.361 e. The molecule has 1 aromatic heterocycles. The van der Waals surface area contributed by atoms with Gasteiger partial charge >= 0.3 is 0 Å². The van der Waals surface area contributed by atoms with Crippen LogP contribution >= 0.6 is 0 Å². The fourth-order valence-corrected chi connectivity index (χ4v) is 2.93. The minimum atomic E-state index is -0.740. The van der Waals surface area contributed by atoms with E-state index in [1.165, 1.54) is 0 Å². The van der Waals surface area contributed by atoms with E-state index in [2.05, 4.69) is 15.6 Å². The molecular weight excluding hydrogens is 340 g/mol. The first kappa shape index (κ1) is 18.2. The number of rotatable bonds is 7. The van der Waals surface area contributed by atoms with E-state index in [4.69, 9.17) is 5.26 Å². The topological polar surface area (TPSA) is 97.8 Å². The van der Waals surface area contributed by atoms with Crippen molar-refractivity contribution in [3.05, 3.63) is 71.9 Å². The van der Waals surface area contributed by atoms with Crippen molar-refractivity contribution in [1.29, 1.82) is 5.26 Å². The number of para-hydroxylation sites is 1. The summed E-state index contributed by atoms with van der Waals surface area (Å²) in [6, 6.07) is 17.8. The lowest BCUT2D eigenvalue weighted by Crippen LogP contribution is -2.48. The maximum atomic E-state index is 12.6. The maximum absolute atomic E-state index is 12.6. The summed E-state index contributed by atoms with van der Waals surface area (Å²) in [4.78, 5) is 28.3. The van der Waals surface area contributed by atoms with Crippen molar-refractivity contribution in [2.45, 2.75) is 18.9 Å². The van der Waals surface area contributed by atoms with Crippen molar-refractivity contribution in [3.8, 4) is 6.07 Å². The number of benzene rings is 2. The number of aromatic nitrogens is 1. The zero-order valence-electron chi connectivity index (χ0n) is 14.7. The molecule has 0 radical (unpaired) electrons. The van der Waals surface area contributed by atoms with E-state index in [-0.39, 0.29) is 24.8 Å². The molecule has 6 nitrogen and oxygen atoms in total. The van der Waals surface area contributed by atoms with Crippen molar-refractivity contribution < 1.29 is 9.59 Å². The zero-order chi connectivity index (χ0) is 19.1. The Morgan fingerprint density at radius 3 is 2.59 bits per heavy atom. The van der Waals surface area contributed by atoms with Crippen LogP contribution in [0.1, 0.15) is 22.3 Å². The van der Waals surface area contributed by atoms with Crippen molar-refractivity contribution in [2.75, 3.05) is 6.54 Å². The van der Waals surface area contributed by atoms with Crippen molar-refractivity contribution in [3.63, 3.8) is 0 Å². The Kier molecular flexibility index (Phi) is 5.85. The summed E-state index contributed by atoms with van der Waals surface area (Å²) in [7, 11) is 0. The molecule has 0 aliphatic carbocycles. The van der Waals surface area contributed by atoms with Gasteiger partial charge in [0.2, 0.25) is 5.91 Å². The largest absolute Gasteiger partial charge is 0.361 e. The number of H-pyrrole nitrogens is 1. The van der Waals surface area contributed by atoms with Crippen LogP contribution in [0.15, 0.2) is 60.8 Å². The highest BCUT2D eigenvalue weighted by Gasteiger charge is 2.22. The lowest BCUT2D eigenvalue weighted by molar-refractivity contribution is -0.122. The summed E-state index contributed by atoms with van der Waals surface area (Å²) in [5.41, 5.74) is 2.41. The van der Waals surface area contributed by atoms with E-state index in [0.717, 1.165) is 16.5 Å². The Labute approximate surface area is 157 Å². The molecule has 0 saturated carbocycles. The Hall–Kier alpha value is -3.59. The molecule has 1 atom stereocenters. The van der Waals surface area contributed by atoms with Crippen LogP contribution < -0.4 is 10.6 Å². The number of nitriles is 1. The van der Waals surface area contributed by atoms with Gasteiger partial charge in [0, 0.05) is 35.6 Å². The summed E-state index contributed by atoms with van der Waals surface area (Å²) in [5, 5.41) is 15.2. The molecule has 0 bridgehead atoms. The summed E-state index contributed by atoms with van der Waals surface area (Å²) in [6.45, 7) is 0.251. The molecule has 0 saturated heterocycles. The van der Waals surface area contributed by atoms with E-state index in [0.29, 0.717) is 12.0 Å². The second-order valence-corrected chi connectivity index (χ2v) is 6.15. The molecule has 3 rings (SSSR count). The third kappa shape index (κ3) is 4.53. The third-order valence-electron chi connectivity index (χ3n) is 4.29. The molecule has 27 heavy (non-hydrogen) atoms. The molecule has 136 valence electrons. The average Bonchev–Trinajstić information content (AvgIpc) is 3.11. The highest BCUT2D eigenvalue weighted by Crippen LogP contribution is 2.19. The number of hydrogen-bond donors (Lipinski definition) is 3. The van der Waals surface area contributed by atoms with E-state index in [9.17, 15) is 9.59 Å². The minimum absolute atomic E-state index is 0.220. The van der Waals surface area contributed by atoms with Crippen LogP contribution in [-0.2, 0) is 11.2 Å². The molecule has 0 aliphatic rings. The van der Waals surface area contributed by atoms with E-state index >= 15 is 0 Å². The first-order valence-electron chi connectivity index (χ1n) is 8.74. The van der Waals surface area contributed by atoms with Gasteiger partial charge in [0.25, 0.3) is 5.91 Å². The number of carbonyl (C=O) groups is 2. The van der Waals surface area contributed by atoms with E-state index in [1.54, 1.807) is 24.3 Å². The molecule has 6 heteroatoms. The predicted molar refractivity (Wildman–Crippen MR) is 103 cm³/mol. The first-order valence-corrected chi connectivity index (χ1v) is 8.74. The smallest absolute Gasteiger partial charge is 0.251 e. The van der Waals surface area contributed by atoms with Crippen molar-refractivity contribution in [2.24, 2.45) is 0 Å². The highest BCUT2D eigenvalue weighted by atomic mass is 16.2. The van der Waals surface area contributed by atoms with Crippen LogP contribution in [0.25, 0.3) is 10.9 Å². The number of hydrogen-bond acceptors (Lipinski definition) is 3. The predicted octanol–water partition coefficient (Wildman–Crippen LogP) is 2.54. The fraction of sp³-hybridized carbons (Fsp3) is 0.190. The van der Waals surface area contributed by atoms with Gasteiger partial charge in [0.15, 0.2) is 0 Å². The molecule has 2 aromatic carbocycles. The molecule has 0 aliphatic heterocycles. The molecular formula is C21H20N4O2. The van der Waals surface area contributed by atoms with Gasteiger partial charge in [0.1, 0.15) is 6.04 Å². The molecule has 3 aromatic rings. The van der Waals surface area contributed by atoms with Crippen LogP contribution in [0, 0.1) is 11.3 Å². The lowest BCUT2D eigenvalue weighted by atomic mass is 10.0. The average molecular weight is 360 g/mol. The van der Waals surface area contributed by atoms with Gasteiger partial charge in [-0.2, -0.15) is 5.26 Å². The summed E-state index contributed by atoms with van der Waals surface area (Å²) < 4.78 is 0. The van der Waals surface area contributed by atoms with E-state index < -0.39 is 6.04 Å². The quantitative estimate of drug-likeness (QED) is 0.565. The number of carbonyl (C=O) groups excluding carboxylic acids is 2. The monoisotopic (exact) mass is 360 g/mol. The normalized spacial score (nSPS) is 11.5. The maximum Gasteiger partial charge on any atom is 0.251 e. The van der Waals surface area contributed by atoms with E-state index in [1.807, 2.05) is 42.6 Å². The Morgan fingerprint density at radius 2 is 1.81 bits per heavy atom. The number of amides is 2. The van der Waals surface area contributed by atoms with Gasteiger partial charge in [-0.15, -0.1) is 0 Å². The van der Waals surface area contributed by atoms with Crippen LogP contribution in [0.3, 0.4) is 0 Å². The molecule has 1 unspecified atom stereocenters. The summed E-state index contributed by atoms with van der Waals surface area (Å²) in [5.74, 6) is -0.615. The van der Waals surface area contributed by atoms with Crippen molar-refractivity contribution in [1.82, 2.24) is 15.6 Å². The van der Waals surface area contributed by atoms with Gasteiger partial charge in [0.05, 0.1) is 12.5 Å². The van der Waals surface area contributed by atoms with Crippen LogP contribution in [0.2, 0.25) is 0 Å². The fourth-order valence-electron chi connectivity index (χ4n) is 2.93. The second kappa shape index (κ2) is 8.68. The van der Waals surface area contributed by atoms with Gasteiger partial charge in [-0.1, -0.05) is 36.4 Å². The third-order valence-corrected chi connectivity index (χ3v) is 4.29. The number of nitrogens with one attached hydrogen (secondary N) is 3. The second-order valence-electron chi connectivity index (χ2n) is 6.15. The number of nitrogens with zero attached hydrogens (tertiary/aromatic N) is 1. The Morgan fingerprint density at radius 1 is 1.07 bits per heavy atom. The Balaban J connectivity index is 1.80. The summed E-state index contributed by atoms with van der Waals surface area (Å²) in [6.07, 6.45) is 2.42. The summed E-state index contributed by atoms with van der Waals surface area (Å²) >= 11 is 0. The van der Waals surface area contributed by atoms with Gasteiger partial charge in [-0.3, -0.25) is 9.59 Å². The number of aromatic amines is 1. The first-order chi connectivity index (χ1) is 13.2. The zero-order valence-corrected chi connectivity index (χ0v) is 14.7. The molecule has 2 amide bonds. The van der Waals surface area contributed by atoms with Gasteiger partial charge in [-0.25, -0.2) is 0 Å². The molecule has 0 fully saturated rings. The Bertz CT molecular complexity index is 973. The number of fused-ring (bicyclic) bond motifs is 1. The van der Waals surface area contributed by atoms with Crippen LogP contribution in [0.5, 0.6) is 0 Å². The SMILES string of the molecule is N#CCCNC(=O)C(Cc1c[nH]c2ccccc12)NC(=O)c1ccccc1. The molecule has 3 N–H and O–H groups in total. The van der Waals surface area contributed by atoms with Crippen LogP contribution in [0.4, 0.5) is 0 Å². The highest BCUT2D eigenvalue weighted by molar-refractivity contribution is 5.97. The molecule has 1 heterocycles. The standard InChI is InChI=1S/C21H20N4O2/c22-11-6-12-23-21(27)19(25-20(26)15-7-2-1-3-8-15)13-16-14-24-18-10-5-4-9-17(16)18/h1-5,7-10,14,19,24H,6,12-13H2,(H,23,27)(H,25,26). The van der Waals surface area contributed by atoms with Gasteiger partial charge in [-0.05, 0) is 23.8 Å². The van der Waals surface area contributed by atoms with Crippen molar-refractivity contribution >= 4 is 22.7 Å².